The summed E-state index contributed by atoms with van der Waals surface area (Å²) in [7, 11) is 1.85. The second kappa shape index (κ2) is 7.07. The molecule has 0 aliphatic carbocycles. The zero-order chi connectivity index (χ0) is 17.2. The summed E-state index contributed by atoms with van der Waals surface area (Å²) in [6.07, 6.45) is 2.69. The van der Waals surface area contributed by atoms with Crippen LogP contribution in [0.1, 0.15) is 47.0 Å². The lowest BCUT2D eigenvalue weighted by atomic mass is 9.91. The molecule has 2 aliphatic heterocycles. The summed E-state index contributed by atoms with van der Waals surface area (Å²) in [5, 5.41) is 3.47. The third-order valence-electron chi connectivity index (χ3n) is 4.71. The summed E-state index contributed by atoms with van der Waals surface area (Å²) in [5.74, 6) is 0.534. The van der Waals surface area contributed by atoms with Gasteiger partial charge in [-0.05, 0) is 52.9 Å². The van der Waals surface area contributed by atoms with Crippen molar-refractivity contribution in [3.63, 3.8) is 0 Å². The molecule has 6 heteroatoms. The predicted octanol–water partition coefficient (Wildman–Crippen LogP) is 1.84. The van der Waals surface area contributed by atoms with Crippen molar-refractivity contribution < 1.29 is 14.3 Å². The van der Waals surface area contributed by atoms with Gasteiger partial charge in [0.1, 0.15) is 5.60 Å². The first kappa shape index (κ1) is 18.0. The second-order valence-corrected chi connectivity index (χ2v) is 7.89. The summed E-state index contributed by atoms with van der Waals surface area (Å²) in [5.41, 5.74) is -0.464. The Balaban J connectivity index is 1.87. The summed E-state index contributed by atoms with van der Waals surface area (Å²) in [4.78, 5) is 27.9. The first-order valence-electron chi connectivity index (χ1n) is 8.66. The minimum Gasteiger partial charge on any atom is -0.444 e. The first-order chi connectivity index (χ1) is 10.7. The van der Waals surface area contributed by atoms with Crippen LogP contribution in [-0.2, 0) is 9.53 Å². The molecule has 2 fully saturated rings. The van der Waals surface area contributed by atoms with Gasteiger partial charge in [-0.25, -0.2) is 4.79 Å². The van der Waals surface area contributed by atoms with E-state index in [1.165, 1.54) is 0 Å². The number of nitrogens with zero attached hydrogens (tertiary/aromatic N) is 2. The van der Waals surface area contributed by atoms with E-state index in [2.05, 4.69) is 12.2 Å². The topological polar surface area (TPSA) is 61.9 Å². The Kier molecular flexibility index (Phi) is 5.55. The molecule has 0 spiro atoms. The van der Waals surface area contributed by atoms with Gasteiger partial charge >= 0.3 is 6.09 Å². The summed E-state index contributed by atoms with van der Waals surface area (Å²) in [6, 6.07) is 0.132. The molecule has 2 saturated heterocycles. The van der Waals surface area contributed by atoms with Crippen molar-refractivity contribution in [2.45, 2.75) is 64.6 Å². The quantitative estimate of drug-likeness (QED) is 0.860. The maximum Gasteiger partial charge on any atom is 0.410 e. The fourth-order valence-corrected chi connectivity index (χ4v) is 3.34. The predicted molar refractivity (Wildman–Crippen MR) is 89.2 cm³/mol. The van der Waals surface area contributed by atoms with E-state index in [-0.39, 0.29) is 24.1 Å². The molecule has 2 heterocycles. The van der Waals surface area contributed by atoms with Gasteiger partial charge in [-0.3, -0.25) is 4.79 Å². The molecule has 0 bridgehead atoms. The van der Waals surface area contributed by atoms with Crippen molar-refractivity contribution in [3.05, 3.63) is 0 Å². The average Bonchev–Trinajstić information content (AvgIpc) is 2.77. The van der Waals surface area contributed by atoms with E-state index in [0.717, 1.165) is 32.4 Å². The van der Waals surface area contributed by atoms with Gasteiger partial charge in [0.25, 0.3) is 0 Å². The zero-order valence-electron chi connectivity index (χ0n) is 15.1. The normalized spacial score (nSPS) is 27.3. The largest absolute Gasteiger partial charge is 0.444 e. The lowest BCUT2D eigenvalue weighted by Crippen LogP contribution is -2.51. The van der Waals surface area contributed by atoms with Gasteiger partial charge in [0.15, 0.2) is 0 Å². The minimum atomic E-state index is -0.464. The highest BCUT2D eigenvalue weighted by Crippen LogP contribution is 2.23. The molecule has 6 nitrogen and oxygen atoms in total. The monoisotopic (exact) mass is 325 g/mol. The molecule has 3 atom stereocenters. The molecule has 0 aromatic rings. The Hall–Kier alpha value is -1.30. The number of hydrogen-bond donors (Lipinski definition) is 1. The number of rotatable bonds is 3. The smallest absolute Gasteiger partial charge is 0.410 e. The van der Waals surface area contributed by atoms with Crippen LogP contribution in [0.3, 0.4) is 0 Å². The van der Waals surface area contributed by atoms with E-state index in [0.29, 0.717) is 12.5 Å². The van der Waals surface area contributed by atoms with Crippen LogP contribution in [0.2, 0.25) is 0 Å². The number of piperidine rings is 1. The van der Waals surface area contributed by atoms with Crippen LogP contribution in [0.4, 0.5) is 4.79 Å². The van der Waals surface area contributed by atoms with Crippen LogP contribution in [-0.4, -0.2) is 66.2 Å². The molecule has 23 heavy (non-hydrogen) atoms. The molecule has 0 aromatic carbocycles. The van der Waals surface area contributed by atoms with Gasteiger partial charge in [0, 0.05) is 32.7 Å². The maximum absolute atomic E-state index is 12.2. The summed E-state index contributed by atoms with van der Waals surface area (Å²) in [6.45, 7) is 10.0. The van der Waals surface area contributed by atoms with Crippen molar-refractivity contribution in [2.24, 2.45) is 5.92 Å². The second-order valence-electron chi connectivity index (χ2n) is 7.89. The number of amides is 2. The molecule has 132 valence electrons. The Bertz CT molecular complexity index is 447. The van der Waals surface area contributed by atoms with Gasteiger partial charge in [0.05, 0.1) is 6.04 Å². The van der Waals surface area contributed by atoms with E-state index in [1.807, 2.05) is 27.8 Å². The fraction of sp³-hybridized carbons (Fsp3) is 0.882. The SMILES string of the molecule is CC(NC1CCN(C)C1=O)C1CCCN(C(=O)OC(C)(C)C)C1. The highest BCUT2D eigenvalue weighted by atomic mass is 16.6. The fourth-order valence-electron chi connectivity index (χ4n) is 3.34. The lowest BCUT2D eigenvalue weighted by Gasteiger charge is -2.37. The lowest BCUT2D eigenvalue weighted by molar-refractivity contribution is -0.128. The van der Waals surface area contributed by atoms with E-state index in [4.69, 9.17) is 4.74 Å². The number of ether oxygens (including phenoxy) is 1. The van der Waals surface area contributed by atoms with E-state index < -0.39 is 5.60 Å². The Labute approximate surface area is 139 Å². The van der Waals surface area contributed by atoms with E-state index in [9.17, 15) is 9.59 Å². The number of nitrogens with one attached hydrogen (secondary N) is 1. The molecule has 3 unspecified atom stereocenters. The number of carbonyl (C=O) groups is 2. The van der Waals surface area contributed by atoms with Crippen LogP contribution in [0, 0.1) is 5.92 Å². The average molecular weight is 325 g/mol. The highest BCUT2D eigenvalue weighted by molar-refractivity contribution is 5.83. The van der Waals surface area contributed by atoms with Crippen molar-refractivity contribution in [1.82, 2.24) is 15.1 Å². The van der Waals surface area contributed by atoms with Crippen LogP contribution >= 0.6 is 0 Å². The Morgan fingerprint density at radius 2 is 2.00 bits per heavy atom. The molecule has 1 N–H and O–H groups in total. The molecular formula is C17H31N3O3. The van der Waals surface area contributed by atoms with Gasteiger partial charge < -0.3 is 19.9 Å². The maximum atomic E-state index is 12.2. The summed E-state index contributed by atoms with van der Waals surface area (Å²) >= 11 is 0. The van der Waals surface area contributed by atoms with Crippen molar-refractivity contribution in [2.75, 3.05) is 26.7 Å². The van der Waals surface area contributed by atoms with Crippen molar-refractivity contribution in [1.29, 1.82) is 0 Å². The molecular weight excluding hydrogens is 294 g/mol. The van der Waals surface area contributed by atoms with Crippen LogP contribution in [0.5, 0.6) is 0 Å². The molecule has 2 amide bonds. The number of likely N-dealkylation sites (N-methyl/N-ethyl adjacent to an activating group) is 1. The third-order valence-corrected chi connectivity index (χ3v) is 4.71. The molecule has 2 rings (SSSR count). The molecule has 0 aromatic heterocycles. The molecule has 0 saturated carbocycles. The van der Waals surface area contributed by atoms with Crippen molar-refractivity contribution >= 4 is 12.0 Å². The first-order valence-corrected chi connectivity index (χ1v) is 8.66. The number of hydrogen-bond acceptors (Lipinski definition) is 4. The van der Waals surface area contributed by atoms with Crippen LogP contribution in [0.25, 0.3) is 0 Å². The van der Waals surface area contributed by atoms with E-state index in [1.54, 1.807) is 9.80 Å². The van der Waals surface area contributed by atoms with Gasteiger partial charge in [-0.1, -0.05) is 0 Å². The highest BCUT2D eigenvalue weighted by Gasteiger charge is 2.34. The van der Waals surface area contributed by atoms with Crippen LogP contribution < -0.4 is 5.32 Å². The van der Waals surface area contributed by atoms with E-state index >= 15 is 0 Å². The molecule has 0 radical (unpaired) electrons. The van der Waals surface area contributed by atoms with Gasteiger partial charge in [-0.2, -0.15) is 0 Å². The van der Waals surface area contributed by atoms with Crippen molar-refractivity contribution in [3.8, 4) is 0 Å². The van der Waals surface area contributed by atoms with Crippen LogP contribution in [0.15, 0.2) is 0 Å². The number of likely N-dealkylation sites (tertiary alicyclic amines) is 2. The number of carbonyl (C=O) groups excluding carboxylic acids is 2. The summed E-state index contributed by atoms with van der Waals surface area (Å²) < 4.78 is 5.48. The molecule has 2 aliphatic rings. The van der Waals surface area contributed by atoms with Gasteiger partial charge in [0.2, 0.25) is 5.91 Å². The standard InChI is InChI=1S/C17H31N3O3/c1-12(18-14-8-10-19(5)15(14)21)13-7-6-9-20(11-13)16(22)23-17(2,3)4/h12-14,18H,6-11H2,1-5H3. The Morgan fingerprint density at radius 3 is 2.57 bits per heavy atom. The zero-order valence-corrected chi connectivity index (χ0v) is 15.1. The third kappa shape index (κ3) is 4.83. The van der Waals surface area contributed by atoms with Gasteiger partial charge in [-0.15, -0.1) is 0 Å². The minimum absolute atomic E-state index is 0.0769. The Morgan fingerprint density at radius 1 is 1.30 bits per heavy atom.